The van der Waals surface area contributed by atoms with E-state index in [0.717, 1.165) is 0 Å². The van der Waals surface area contributed by atoms with Crippen LogP contribution in [0.4, 0.5) is 4.79 Å². The number of carbonyl (C=O) groups excluding carboxylic acids is 6. The first-order valence-corrected chi connectivity index (χ1v) is 27.4. The van der Waals surface area contributed by atoms with Crippen molar-refractivity contribution in [3.8, 4) is 0 Å². The molecule has 1 saturated heterocycles. The van der Waals surface area contributed by atoms with Crippen LogP contribution in [0.3, 0.4) is 0 Å². The topological polar surface area (TPSA) is 461 Å². The van der Waals surface area contributed by atoms with Crippen LogP contribution in [0, 0.1) is 0 Å². The molecule has 0 aromatic heterocycles. The minimum Gasteiger partial charge on any atom is -0.481 e. The predicted octanol–water partition coefficient (Wildman–Crippen LogP) is -2.87. The quantitative estimate of drug-likeness (QED) is 0.0305. The van der Waals surface area contributed by atoms with E-state index in [9.17, 15) is 93.0 Å². The molecule has 3 unspecified atom stereocenters. The van der Waals surface area contributed by atoms with Gasteiger partial charge in [0.25, 0.3) is 0 Å². The van der Waals surface area contributed by atoms with Crippen LogP contribution in [0.5, 0.6) is 0 Å². The molecule has 0 spiro atoms. The summed E-state index contributed by atoms with van der Waals surface area (Å²) in [6.07, 6.45) is -1.85. The zero-order chi connectivity index (χ0) is 62.8. The maximum absolute atomic E-state index is 14.4. The Morgan fingerprint density at radius 3 is 1.13 bits per heavy atom. The van der Waals surface area contributed by atoms with E-state index in [1.54, 1.807) is 80.3 Å². The Morgan fingerprint density at radius 2 is 0.733 bits per heavy atom. The second kappa shape index (κ2) is 40.6. The summed E-state index contributed by atoms with van der Waals surface area (Å²) in [5, 5.41) is 83.6. The Kier molecular flexibility index (Phi) is 35.1. The van der Waals surface area contributed by atoms with E-state index in [-0.39, 0.29) is 176 Å². The van der Waals surface area contributed by atoms with Crippen molar-refractivity contribution >= 4 is 77.4 Å². The minimum absolute atomic E-state index is 0. The standard InChI is InChI=1S/C54H77N11O20.Y/c66-42(55-19-8-7-13-37(51(79)80)60-54(85)61-38(52(81)82)14-17-45(69)70)15-16-43(67)56-20-18-39(53(83)84)58-50(78)41(30-36-11-5-2-6-12-36)59-49(77)40(29-35-9-3-1-4-10-35)57-44(68)31-62-21-23-63(32-46(71)72)25-27-65(34-48(75)76)28-26-64(24-22-62)33-47(73)74;/h1-6,9-12,37-41H,7-8,13-34H2,(H,55,66)(H,56,67)(H,57,68)(H,58,78)(H,59,77)(H,69,70)(H,71,72)(H,73,74)(H,75,76)(H,79,80)(H,81,82)(H,83,84)(H2,60,61,85);/t37-,38-,39?,40?,41?;/m0./s1/i;1-3. The van der Waals surface area contributed by atoms with E-state index in [1.807, 2.05) is 5.32 Å². The minimum atomic E-state index is -1.59. The van der Waals surface area contributed by atoms with Crippen LogP contribution >= 0.6 is 0 Å². The number of hydrogen-bond acceptors (Lipinski definition) is 17. The molecule has 1 fully saturated rings. The van der Waals surface area contributed by atoms with E-state index >= 15 is 0 Å². The normalized spacial score (nSPS) is 15.3. The summed E-state index contributed by atoms with van der Waals surface area (Å²) in [5.74, 6) is -12.7. The Morgan fingerprint density at radius 1 is 0.372 bits per heavy atom. The summed E-state index contributed by atoms with van der Waals surface area (Å²) in [5.41, 5.74) is 1.19. The van der Waals surface area contributed by atoms with Crippen molar-refractivity contribution in [2.45, 2.75) is 94.4 Å². The second-order valence-electron chi connectivity index (χ2n) is 20.1. The second-order valence-corrected chi connectivity index (χ2v) is 20.1. The number of nitrogens with zero attached hydrogens (tertiary/aromatic N) is 4. The van der Waals surface area contributed by atoms with Gasteiger partial charge < -0.3 is 73.0 Å². The summed E-state index contributed by atoms with van der Waals surface area (Å²) in [6, 6.07) is 8.57. The number of hydrogen-bond donors (Lipinski definition) is 14. The Balaban J connectivity index is 0.0000252. The summed E-state index contributed by atoms with van der Waals surface area (Å²) >= 11 is 0. The molecule has 471 valence electrons. The Hall–Kier alpha value is -7.71. The van der Waals surface area contributed by atoms with Crippen molar-refractivity contribution in [1.82, 2.24) is 56.8 Å². The van der Waals surface area contributed by atoms with E-state index in [0.29, 0.717) is 11.1 Å². The molecule has 32 heteroatoms. The molecule has 5 atom stereocenters. The predicted molar refractivity (Wildman–Crippen MR) is 297 cm³/mol. The summed E-state index contributed by atoms with van der Waals surface area (Å²) in [7, 11) is 0. The van der Waals surface area contributed by atoms with Crippen molar-refractivity contribution in [3.63, 3.8) is 0 Å². The molecule has 1 radical (unpaired) electrons. The van der Waals surface area contributed by atoms with Gasteiger partial charge >= 0.3 is 47.8 Å². The third-order valence-electron chi connectivity index (χ3n) is 13.3. The Labute approximate surface area is 520 Å². The van der Waals surface area contributed by atoms with Gasteiger partial charge in [0.05, 0.1) is 26.2 Å². The molecule has 31 nitrogen and oxygen atoms in total. The molecule has 2 aromatic carbocycles. The van der Waals surface area contributed by atoms with Gasteiger partial charge in [-0.25, -0.2) is 19.2 Å². The molecule has 1 heterocycles. The van der Waals surface area contributed by atoms with Crippen LogP contribution in [0.1, 0.15) is 62.5 Å². The fraction of sp³-hybridized carbons (Fsp3) is 0.537. The van der Waals surface area contributed by atoms with Crippen LogP contribution in [-0.4, -0.2) is 255 Å². The first kappa shape index (κ1) is 74.4. The number of carboxylic acid groups (broad SMARTS) is 7. The molecule has 1 aliphatic rings. The molecule has 0 bridgehead atoms. The van der Waals surface area contributed by atoms with Gasteiger partial charge in [-0.2, -0.15) is 0 Å². The van der Waals surface area contributed by atoms with Crippen LogP contribution < -0.4 is 37.2 Å². The van der Waals surface area contributed by atoms with E-state index in [2.05, 4.69) is 31.9 Å². The van der Waals surface area contributed by atoms with Gasteiger partial charge in [-0.05, 0) is 43.2 Å². The zero-order valence-electron chi connectivity index (χ0n) is 47.4. The number of benzene rings is 2. The maximum atomic E-state index is 14.4. The number of urea groups is 1. The average molecular weight is 1290 g/mol. The van der Waals surface area contributed by atoms with E-state index in [4.69, 9.17) is 5.11 Å². The number of rotatable bonds is 36. The van der Waals surface area contributed by atoms with Crippen molar-refractivity contribution < 1.29 is 131 Å². The van der Waals surface area contributed by atoms with Gasteiger partial charge in [0.15, 0.2) is 0 Å². The number of nitrogens with one attached hydrogen (secondary N) is 7. The van der Waals surface area contributed by atoms with Crippen molar-refractivity contribution in [2.75, 3.05) is 91.6 Å². The molecule has 2 aromatic rings. The Bertz CT molecular complexity index is 2560. The van der Waals surface area contributed by atoms with Gasteiger partial charge in [-0.3, -0.25) is 62.8 Å². The molecule has 7 amide bonds. The van der Waals surface area contributed by atoms with Crippen molar-refractivity contribution in [1.29, 1.82) is 0 Å². The molecular weight excluding hydrogens is 1210 g/mol. The number of carbonyl (C=O) groups is 13. The van der Waals surface area contributed by atoms with E-state index < -0.39 is 120 Å². The van der Waals surface area contributed by atoms with Gasteiger partial charge in [0, 0.05) is 130 Å². The van der Waals surface area contributed by atoms with Gasteiger partial charge in [-0.1, -0.05) is 60.7 Å². The summed E-state index contributed by atoms with van der Waals surface area (Å²) in [6.45, 7) is -0.619. The molecular formula is C54H77N11O20Y. The first-order valence-electron chi connectivity index (χ1n) is 27.4. The molecule has 0 saturated carbocycles. The molecule has 0 aliphatic carbocycles. The maximum Gasteiger partial charge on any atom is 0.326 e. The third kappa shape index (κ3) is 32.0. The van der Waals surface area contributed by atoms with Crippen LogP contribution in [0.2, 0.25) is 0 Å². The van der Waals surface area contributed by atoms with Crippen LogP contribution in [0.15, 0.2) is 60.7 Å². The number of unbranched alkanes of at least 4 members (excludes halogenated alkanes) is 1. The number of aliphatic carboxylic acids is 7. The molecule has 3 rings (SSSR count). The van der Waals surface area contributed by atoms with E-state index in [1.165, 1.54) is 0 Å². The number of carboxylic acids is 7. The SMILES string of the molecule is O=C(O)CC[C@H](NC(=O)N[C@@H](CCCCNC(=O)CCC(=O)NCCC(NC(=O)C(Cc1ccccc1)NC(=O)C(Cc1ccccc1)NC(=O)CN1CCN(CC(=O)O)CCN(CC(=O)O)CCN(CC(=O)O)CC1)C(=O)O)C(=O)O)C(=O)O.[86Y]. The number of amides is 7. The van der Waals surface area contributed by atoms with Crippen LogP contribution in [0.25, 0.3) is 0 Å². The summed E-state index contributed by atoms with van der Waals surface area (Å²) < 4.78 is 0. The molecule has 86 heavy (non-hydrogen) atoms. The van der Waals surface area contributed by atoms with Gasteiger partial charge in [0.1, 0.15) is 30.2 Å². The van der Waals surface area contributed by atoms with Crippen LogP contribution in [-0.2, 0) is 103 Å². The van der Waals surface area contributed by atoms with Gasteiger partial charge in [-0.15, -0.1) is 0 Å². The fourth-order valence-electron chi connectivity index (χ4n) is 8.75. The zero-order valence-corrected chi connectivity index (χ0v) is 50.3. The van der Waals surface area contributed by atoms with Crippen molar-refractivity contribution in [2.24, 2.45) is 0 Å². The summed E-state index contributed by atoms with van der Waals surface area (Å²) in [4.78, 5) is 168. The monoisotopic (exact) mass is 1290 g/mol. The van der Waals surface area contributed by atoms with Crippen molar-refractivity contribution in [3.05, 3.63) is 71.8 Å². The van der Waals surface area contributed by atoms with Gasteiger partial charge in [0.2, 0.25) is 29.5 Å². The largest absolute Gasteiger partial charge is 0.481 e. The first-order chi connectivity index (χ1) is 40.4. The third-order valence-corrected chi connectivity index (χ3v) is 13.3. The smallest absolute Gasteiger partial charge is 0.326 e. The molecule has 14 N–H and O–H groups in total. The fourth-order valence-corrected chi connectivity index (χ4v) is 8.75. The average Bonchev–Trinajstić information content (AvgIpc) is 3.58. The molecule has 1 aliphatic heterocycles.